The van der Waals surface area contributed by atoms with E-state index in [0.29, 0.717) is 13.0 Å². The second-order valence-electron chi connectivity index (χ2n) is 3.46. The third-order valence-corrected chi connectivity index (χ3v) is 2.22. The summed E-state index contributed by atoms with van der Waals surface area (Å²) in [4.78, 5) is 10.9. The van der Waals surface area contributed by atoms with Crippen molar-refractivity contribution >= 4 is 5.91 Å². The molecule has 0 aliphatic carbocycles. The number of ether oxygens (including phenoxy) is 1. The molecule has 0 spiro atoms. The van der Waals surface area contributed by atoms with Gasteiger partial charge in [-0.05, 0) is 6.42 Å². The fraction of sp³-hybridized carbons (Fsp3) is 0.556. The standard InChI is InChI=1S/C9H13N3O2/c1-12-5-8(4-10-12)14-6-7-2-3-9(13)11-7/h4-5,7H,2-3,6H2,1H3,(H,11,13). The second kappa shape index (κ2) is 3.69. The molecular weight excluding hydrogens is 182 g/mol. The number of aryl methyl sites for hydroxylation is 1. The SMILES string of the molecule is Cn1cc(OCC2CCC(=O)N2)cn1. The Labute approximate surface area is 82.0 Å². The molecule has 1 aliphatic rings. The lowest BCUT2D eigenvalue weighted by Gasteiger charge is -2.09. The van der Waals surface area contributed by atoms with Gasteiger partial charge in [-0.2, -0.15) is 5.10 Å². The number of aromatic nitrogens is 2. The Balaban J connectivity index is 1.80. The molecule has 76 valence electrons. The van der Waals surface area contributed by atoms with Gasteiger partial charge in [0.25, 0.3) is 0 Å². The summed E-state index contributed by atoms with van der Waals surface area (Å²) in [6.07, 6.45) is 4.94. The van der Waals surface area contributed by atoms with Crippen molar-refractivity contribution < 1.29 is 9.53 Å². The van der Waals surface area contributed by atoms with E-state index in [9.17, 15) is 4.79 Å². The summed E-state index contributed by atoms with van der Waals surface area (Å²) in [5.41, 5.74) is 0. The van der Waals surface area contributed by atoms with E-state index in [1.54, 1.807) is 17.1 Å². The van der Waals surface area contributed by atoms with Crippen LogP contribution in [0.2, 0.25) is 0 Å². The van der Waals surface area contributed by atoms with Crippen LogP contribution in [0.1, 0.15) is 12.8 Å². The summed E-state index contributed by atoms with van der Waals surface area (Å²) in [6, 6.07) is 0.155. The van der Waals surface area contributed by atoms with Crippen molar-refractivity contribution in [2.45, 2.75) is 18.9 Å². The van der Waals surface area contributed by atoms with E-state index < -0.39 is 0 Å². The van der Waals surface area contributed by atoms with E-state index in [4.69, 9.17) is 4.74 Å². The number of rotatable bonds is 3. The molecule has 0 saturated carbocycles. The van der Waals surface area contributed by atoms with Crippen LogP contribution in [0.4, 0.5) is 0 Å². The van der Waals surface area contributed by atoms with Gasteiger partial charge in [0.05, 0.1) is 18.4 Å². The van der Waals surface area contributed by atoms with Crippen LogP contribution in [0.15, 0.2) is 12.4 Å². The summed E-state index contributed by atoms with van der Waals surface area (Å²) in [5, 5.41) is 6.82. The zero-order valence-corrected chi connectivity index (χ0v) is 8.06. The molecular formula is C9H13N3O2. The van der Waals surface area contributed by atoms with Gasteiger partial charge in [-0.3, -0.25) is 9.48 Å². The summed E-state index contributed by atoms with van der Waals surface area (Å²) in [7, 11) is 1.84. The predicted octanol–water partition coefficient (Wildman–Crippen LogP) is 0.0775. The number of nitrogens with zero attached hydrogens (tertiary/aromatic N) is 2. The van der Waals surface area contributed by atoms with E-state index in [1.165, 1.54) is 0 Å². The highest BCUT2D eigenvalue weighted by Crippen LogP contribution is 2.11. The first-order chi connectivity index (χ1) is 6.74. The monoisotopic (exact) mass is 195 g/mol. The summed E-state index contributed by atoms with van der Waals surface area (Å²) in [6.45, 7) is 0.525. The fourth-order valence-electron chi connectivity index (χ4n) is 1.47. The van der Waals surface area contributed by atoms with Crippen LogP contribution >= 0.6 is 0 Å². The molecule has 1 aromatic heterocycles. The van der Waals surface area contributed by atoms with Gasteiger partial charge in [0, 0.05) is 13.5 Å². The molecule has 0 bridgehead atoms. The van der Waals surface area contributed by atoms with Crippen molar-refractivity contribution in [2.24, 2.45) is 7.05 Å². The van der Waals surface area contributed by atoms with Gasteiger partial charge in [0.15, 0.2) is 5.75 Å². The maximum Gasteiger partial charge on any atom is 0.220 e. The lowest BCUT2D eigenvalue weighted by atomic mass is 10.2. The van der Waals surface area contributed by atoms with Crippen molar-refractivity contribution in [1.29, 1.82) is 0 Å². The van der Waals surface area contributed by atoms with E-state index in [2.05, 4.69) is 10.4 Å². The molecule has 0 aromatic carbocycles. The number of hydrogen-bond donors (Lipinski definition) is 1. The average molecular weight is 195 g/mol. The summed E-state index contributed by atoms with van der Waals surface area (Å²) in [5.74, 6) is 0.860. The highest BCUT2D eigenvalue weighted by Gasteiger charge is 2.21. The Morgan fingerprint density at radius 2 is 2.64 bits per heavy atom. The molecule has 1 amide bonds. The lowest BCUT2D eigenvalue weighted by Crippen LogP contribution is -2.30. The minimum absolute atomic E-state index is 0.116. The highest BCUT2D eigenvalue weighted by atomic mass is 16.5. The first-order valence-corrected chi connectivity index (χ1v) is 4.65. The van der Waals surface area contributed by atoms with E-state index in [0.717, 1.165) is 12.2 Å². The Morgan fingerprint density at radius 3 is 3.21 bits per heavy atom. The van der Waals surface area contributed by atoms with E-state index >= 15 is 0 Å². The Hall–Kier alpha value is -1.52. The molecule has 1 unspecified atom stereocenters. The van der Waals surface area contributed by atoms with Crippen LogP contribution in [0.3, 0.4) is 0 Å². The van der Waals surface area contributed by atoms with Crippen molar-refractivity contribution in [3.05, 3.63) is 12.4 Å². The van der Waals surface area contributed by atoms with Crippen molar-refractivity contribution in [2.75, 3.05) is 6.61 Å². The number of carbonyl (C=O) groups excluding carboxylic acids is 1. The molecule has 14 heavy (non-hydrogen) atoms. The summed E-state index contributed by atoms with van der Waals surface area (Å²) < 4.78 is 7.14. The maximum absolute atomic E-state index is 10.9. The van der Waals surface area contributed by atoms with Crippen molar-refractivity contribution in [1.82, 2.24) is 15.1 Å². The van der Waals surface area contributed by atoms with Gasteiger partial charge in [-0.1, -0.05) is 0 Å². The second-order valence-corrected chi connectivity index (χ2v) is 3.46. The topological polar surface area (TPSA) is 56.1 Å². The Kier molecular flexibility index (Phi) is 2.39. The number of carbonyl (C=O) groups is 1. The van der Waals surface area contributed by atoms with Gasteiger partial charge in [-0.15, -0.1) is 0 Å². The van der Waals surface area contributed by atoms with Gasteiger partial charge in [0.2, 0.25) is 5.91 Å². The lowest BCUT2D eigenvalue weighted by molar-refractivity contribution is -0.119. The molecule has 5 nitrogen and oxygen atoms in total. The number of nitrogens with one attached hydrogen (secondary N) is 1. The van der Waals surface area contributed by atoms with Crippen LogP contribution in [0.25, 0.3) is 0 Å². The molecule has 0 radical (unpaired) electrons. The normalized spacial score (nSPS) is 20.9. The van der Waals surface area contributed by atoms with Crippen molar-refractivity contribution in [3.63, 3.8) is 0 Å². The predicted molar refractivity (Wildman–Crippen MR) is 49.9 cm³/mol. The van der Waals surface area contributed by atoms with Gasteiger partial charge < -0.3 is 10.1 Å². The Bertz CT molecular complexity index is 335. The first-order valence-electron chi connectivity index (χ1n) is 4.65. The Morgan fingerprint density at radius 1 is 1.79 bits per heavy atom. The van der Waals surface area contributed by atoms with Crippen LogP contribution in [0, 0.1) is 0 Å². The minimum atomic E-state index is 0.116. The molecule has 5 heteroatoms. The van der Waals surface area contributed by atoms with Crippen LogP contribution in [0.5, 0.6) is 5.75 Å². The minimum Gasteiger partial charge on any atom is -0.488 e. The molecule has 1 aliphatic heterocycles. The third kappa shape index (κ3) is 2.04. The number of hydrogen-bond acceptors (Lipinski definition) is 3. The van der Waals surface area contributed by atoms with Crippen LogP contribution in [-0.2, 0) is 11.8 Å². The quantitative estimate of drug-likeness (QED) is 0.743. The maximum atomic E-state index is 10.9. The average Bonchev–Trinajstić information content (AvgIpc) is 2.72. The molecule has 1 N–H and O–H groups in total. The fourth-order valence-corrected chi connectivity index (χ4v) is 1.47. The zero-order chi connectivity index (χ0) is 9.97. The third-order valence-electron chi connectivity index (χ3n) is 2.22. The van der Waals surface area contributed by atoms with Crippen LogP contribution in [-0.4, -0.2) is 28.3 Å². The molecule has 1 saturated heterocycles. The molecule has 1 fully saturated rings. The largest absolute Gasteiger partial charge is 0.488 e. The van der Waals surface area contributed by atoms with Gasteiger partial charge >= 0.3 is 0 Å². The van der Waals surface area contributed by atoms with Crippen molar-refractivity contribution in [3.8, 4) is 5.75 Å². The van der Waals surface area contributed by atoms with Gasteiger partial charge in [0.1, 0.15) is 6.61 Å². The molecule has 1 aromatic rings. The van der Waals surface area contributed by atoms with E-state index in [-0.39, 0.29) is 11.9 Å². The van der Waals surface area contributed by atoms with E-state index in [1.807, 2.05) is 7.05 Å². The molecule has 1 atom stereocenters. The number of amides is 1. The highest BCUT2D eigenvalue weighted by molar-refractivity contribution is 5.78. The summed E-state index contributed by atoms with van der Waals surface area (Å²) >= 11 is 0. The zero-order valence-electron chi connectivity index (χ0n) is 8.06. The van der Waals surface area contributed by atoms with Crippen LogP contribution < -0.4 is 10.1 Å². The van der Waals surface area contributed by atoms with Gasteiger partial charge in [-0.25, -0.2) is 0 Å². The first kappa shape index (κ1) is 9.05. The smallest absolute Gasteiger partial charge is 0.220 e. The molecule has 2 heterocycles. The molecule has 2 rings (SSSR count).